The summed E-state index contributed by atoms with van der Waals surface area (Å²) in [5, 5.41) is 0. The summed E-state index contributed by atoms with van der Waals surface area (Å²) in [4.78, 5) is 42.9. The Balaban J connectivity index is 2.02. The predicted octanol–water partition coefficient (Wildman–Crippen LogP) is 2.12. The molecule has 2 aromatic heterocycles. The minimum atomic E-state index is -0.728. The molecule has 0 radical (unpaired) electrons. The fraction of sp³-hybridized carbons (Fsp3) is 0.400. The Morgan fingerprint density at radius 2 is 1.93 bits per heavy atom. The van der Waals surface area contributed by atoms with Crippen molar-refractivity contribution in [2.45, 2.75) is 45.7 Å². The molecule has 0 unspecified atom stereocenters. The summed E-state index contributed by atoms with van der Waals surface area (Å²) in [5.41, 5.74) is 1.34. The van der Waals surface area contributed by atoms with Gasteiger partial charge in [0, 0.05) is 6.04 Å². The molecule has 2 heterocycles. The van der Waals surface area contributed by atoms with Gasteiger partial charge in [0.05, 0.1) is 18.6 Å². The van der Waals surface area contributed by atoms with Crippen LogP contribution in [0.2, 0.25) is 0 Å². The largest absolute Gasteiger partial charge is 0.464 e. The van der Waals surface area contributed by atoms with E-state index in [-0.39, 0.29) is 23.8 Å². The minimum Gasteiger partial charge on any atom is -0.464 e. The number of carbonyl (C=O) groups excluding carboxylic acids is 1. The second-order valence-corrected chi connectivity index (χ2v) is 7.11. The molecule has 1 aromatic carbocycles. The maximum atomic E-state index is 13.2. The molecule has 0 spiro atoms. The number of ether oxygens (including phenoxy) is 1. The normalized spacial score (nSPS) is 15.0. The zero-order valence-corrected chi connectivity index (χ0v) is 16.1. The van der Waals surface area contributed by atoms with Gasteiger partial charge in [0.15, 0.2) is 11.2 Å². The lowest BCUT2D eigenvalue weighted by Gasteiger charge is -2.15. The molecule has 1 fully saturated rings. The maximum absolute atomic E-state index is 13.2. The first-order valence-electron chi connectivity index (χ1n) is 9.41. The topological polar surface area (TPSA) is 88.1 Å². The van der Waals surface area contributed by atoms with Gasteiger partial charge in [-0.05, 0) is 45.7 Å². The third-order valence-electron chi connectivity index (χ3n) is 5.05. The van der Waals surface area contributed by atoms with Gasteiger partial charge < -0.3 is 9.30 Å². The van der Waals surface area contributed by atoms with Gasteiger partial charge in [-0.15, -0.1) is 0 Å². The SMILES string of the molecule is CCOC(=O)[C@H](C)n1cnc2c1c(=O)n(C1CC1)c(=O)n2-c1ccc(C)cc1. The van der Waals surface area contributed by atoms with Crippen molar-refractivity contribution >= 4 is 17.1 Å². The van der Waals surface area contributed by atoms with Gasteiger partial charge >= 0.3 is 11.7 Å². The Bertz CT molecular complexity index is 1170. The van der Waals surface area contributed by atoms with Crippen molar-refractivity contribution in [3.8, 4) is 5.69 Å². The average Bonchev–Trinajstić information content (AvgIpc) is 3.40. The zero-order valence-electron chi connectivity index (χ0n) is 16.1. The van der Waals surface area contributed by atoms with E-state index in [0.29, 0.717) is 5.69 Å². The number of hydrogen-bond donors (Lipinski definition) is 0. The summed E-state index contributed by atoms with van der Waals surface area (Å²) < 4.78 is 9.33. The first-order chi connectivity index (χ1) is 13.4. The van der Waals surface area contributed by atoms with Gasteiger partial charge in [0.1, 0.15) is 6.04 Å². The molecule has 4 rings (SSSR count). The molecule has 0 amide bonds. The van der Waals surface area contributed by atoms with Gasteiger partial charge in [-0.25, -0.2) is 19.1 Å². The molecular formula is C20H22N4O4. The number of benzene rings is 1. The second kappa shape index (κ2) is 6.78. The molecule has 1 atom stereocenters. The monoisotopic (exact) mass is 382 g/mol. The van der Waals surface area contributed by atoms with E-state index in [2.05, 4.69) is 4.98 Å². The Hall–Kier alpha value is -3.16. The number of esters is 1. The van der Waals surface area contributed by atoms with Crippen LogP contribution in [0.5, 0.6) is 0 Å². The standard InChI is InChI=1S/C20H22N4O4/c1-4-28-19(26)13(3)22-11-21-17-16(22)18(25)24(15-9-10-15)20(27)23(17)14-7-5-12(2)6-8-14/h5-8,11,13,15H,4,9-10H2,1-3H3/t13-/m0/s1. The van der Waals surface area contributed by atoms with Gasteiger partial charge in [0.25, 0.3) is 5.56 Å². The molecule has 8 heteroatoms. The van der Waals surface area contributed by atoms with E-state index in [1.165, 1.54) is 20.0 Å². The minimum absolute atomic E-state index is 0.109. The smallest absolute Gasteiger partial charge is 0.337 e. The Morgan fingerprint density at radius 1 is 1.25 bits per heavy atom. The van der Waals surface area contributed by atoms with Crippen molar-refractivity contribution in [1.82, 2.24) is 18.7 Å². The first kappa shape index (κ1) is 18.2. The molecule has 0 saturated heterocycles. The van der Waals surface area contributed by atoms with E-state index in [1.54, 1.807) is 13.8 Å². The molecule has 28 heavy (non-hydrogen) atoms. The van der Waals surface area contributed by atoms with Crippen LogP contribution >= 0.6 is 0 Å². The van der Waals surface area contributed by atoms with Gasteiger partial charge in [-0.1, -0.05) is 17.7 Å². The van der Waals surface area contributed by atoms with Crippen molar-refractivity contribution in [3.05, 3.63) is 57.0 Å². The van der Waals surface area contributed by atoms with Crippen molar-refractivity contribution in [3.63, 3.8) is 0 Å². The van der Waals surface area contributed by atoms with Crippen LogP contribution < -0.4 is 11.2 Å². The molecule has 0 N–H and O–H groups in total. The maximum Gasteiger partial charge on any atom is 0.337 e. The molecule has 0 bridgehead atoms. The van der Waals surface area contributed by atoms with E-state index < -0.39 is 23.3 Å². The van der Waals surface area contributed by atoms with E-state index in [1.807, 2.05) is 31.2 Å². The van der Waals surface area contributed by atoms with E-state index >= 15 is 0 Å². The van der Waals surface area contributed by atoms with Crippen molar-refractivity contribution in [2.24, 2.45) is 0 Å². The van der Waals surface area contributed by atoms with Crippen LogP contribution in [0, 0.1) is 6.92 Å². The van der Waals surface area contributed by atoms with Crippen molar-refractivity contribution < 1.29 is 9.53 Å². The van der Waals surface area contributed by atoms with Crippen LogP contribution in [0.25, 0.3) is 16.9 Å². The average molecular weight is 382 g/mol. The molecule has 8 nitrogen and oxygen atoms in total. The van der Waals surface area contributed by atoms with Crippen LogP contribution in [0.3, 0.4) is 0 Å². The summed E-state index contributed by atoms with van der Waals surface area (Å²) in [6.07, 6.45) is 3.00. The lowest BCUT2D eigenvalue weighted by Crippen LogP contribution is -2.40. The molecule has 3 aromatic rings. The van der Waals surface area contributed by atoms with Crippen LogP contribution in [0.1, 0.15) is 44.3 Å². The van der Waals surface area contributed by atoms with E-state index in [9.17, 15) is 14.4 Å². The van der Waals surface area contributed by atoms with Crippen molar-refractivity contribution in [2.75, 3.05) is 6.61 Å². The zero-order chi connectivity index (χ0) is 20.0. The fourth-order valence-electron chi connectivity index (χ4n) is 3.37. The van der Waals surface area contributed by atoms with Crippen molar-refractivity contribution in [1.29, 1.82) is 0 Å². The Kier molecular flexibility index (Phi) is 4.41. The third kappa shape index (κ3) is 2.85. The quantitative estimate of drug-likeness (QED) is 0.631. The fourth-order valence-corrected chi connectivity index (χ4v) is 3.37. The summed E-state index contributed by atoms with van der Waals surface area (Å²) in [7, 11) is 0. The van der Waals surface area contributed by atoms with Crippen LogP contribution in [-0.4, -0.2) is 31.3 Å². The highest BCUT2D eigenvalue weighted by Gasteiger charge is 2.31. The third-order valence-corrected chi connectivity index (χ3v) is 5.05. The van der Waals surface area contributed by atoms with Gasteiger partial charge in [-0.2, -0.15) is 0 Å². The Morgan fingerprint density at radius 3 is 2.54 bits per heavy atom. The molecule has 0 aliphatic heterocycles. The lowest BCUT2D eigenvalue weighted by atomic mass is 10.2. The molecule has 146 valence electrons. The molecular weight excluding hydrogens is 360 g/mol. The molecule has 1 aliphatic carbocycles. The summed E-state index contributed by atoms with van der Waals surface area (Å²) in [6, 6.07) is 6.62. The van der Waals surface area contributed by atoms with Gasteiger partial charge in [0.2, 0.25) is 0 Å². The summed E-state index contributed by atoms with van der Waals surface area (Å²) in [5.74, 6) is -0.452. The number of rotatable bonds is 5. The number of hydrogen-bond acceptors (Lipinski definition) is 5. The highest BCUT2D eigenvalue weighted by atomic mass is 16.5. The molecule has 1 saturated carbocycles. The molecule has 1 aliphatic rings. The lowest BCUT2D eigenvalue weighted by molar-refractivity contribution is -0.146. The van der Waals surface area contributed by atoms with Gasteiger partial charge in [-0.3, -0.25) is 9.36 Å². The second-order valence-electron chi connectivity index (χ2n) is 7.11. The number of fused-ring (bicyclic) bond motifs is 1. The van der Waals surface area contributed by atoms with Crippen LogP contribution in [0.4, 0.5) is 0 Å². The van der Waals surface area contributed by atoms with Crippen LogP contribution in [-0.2, 0) is 9.53 Å². The summed E-state index contributed by atoms with van der Waals surface area (Å²) >= 11 is 0. The highest BCUT2D eigenvalue weighted by Crippen LogP contribution is 2.33. The Labute approximate surface area is 161 Å². The highest BCUT2D eigenvalue weighted by molar-refractivity contribution is 5.79. The first-order valence-corrected chi connectivity index (χ1v) is 9.41. The van der Waals surface area contributed by atoms with E-state index in [4.69, 9.17) is 4.74 Å². The predicted molar refractivity (Wildman–Crippen MR) is 104 cm³/mol. The number of imidazole rings is 1. The number of aromatic nitrogens is 4. The van der Waals surface area contributed by atoms with E-state index in [0.717, 1.165) is 18.4 Å². The number of carbonyl (C=O) groups is 1. The summed E-state index contributed by atoms with van der Waals surface area (Å²) in [6.45, 7) is 5.59. The van der Waals surface area contributed by atoms with Crippen LogP contribution in [0.15, 0.2) is 40.2 Å². The number of nitrogens with zero attached hydrogens (tertiary/aromatic N) is 4. The number of aryl methyl sites for hydroxylation is 1.